The van der Waals surface area contributed by atoms with Crippen LogP contribution >= 0.6 is 0 Å². The number of aromatic amines is 1. The third kappa shape index (κ3) is 3.52. The molecule has 1 aliphatic rings. The van der Waals surface area contributed by atoms with Crippen molar-refractivity contribution in [3.05, 3.63) is 51.3 Å². The van der Waals surface area contributed by atoms with E-state index in [1.807, 2.05) is 12.1 Å². The molecule has 0 fully saturated rings. The number of fused-ring (bicyclic) bond motifs is 1. The van der Waals surface area contributed by atoms with Gasteiger partial charge in [0.05, 0.1) is 18.2 Å². The molecule has 8 heteroatoms. The van der Waals surface area contributed by atoms with Crippen LogP contribution in [0, 0.1) is 5.92 Å². The Morgan fingerprint density at radius 2 is 2.04 bits per heavy atom. The molecular weight excluding hydrogens is 324 g/mol. The summed E-state index contributed by atoms with van der Waals surface area (Å²) in [5.41, 5.74) is 7.08. The van der Waals surface area contributed by atoms with Crippen LogP contribution in [0.1, 0.15) is 27.9 Å². The molecule has 1 atom stereocenters. The number of rotatable bonds is 4. The highest BCUT2D eigenvalue weighted by Crippen LogP contribution is 2.24. The Bertz CT molecular complexity index is 873. The number of hydrogen-bond acceptors (Lipinski definition) is 6. The number of nitrogens with zero attached hydrogens (tertiary/aromatic N) is 1. The first-order valence-electron chi connectivity index (χ1n) is 7.84. The van der Waals surface area contributed by atoms with Crippen LogP contribution in [0.15, 0.2) is 29.1 Å². The van der Waals surface area contributed by atoms with Gasteiger partial charge in [-0.2, -0.15) is 4.98 Å². The highest BCUT2D eigenvalue weighted by molar-refractivity contribution is 5.94. The number of nitrogens with two attached hydrogens (primary N) is 1. The van der Waals surface area contributed by atoms with E-state index < -0.39 is 0 Å². The number of aromatic nitrogens is 2. The molecule has 1 amide bonds. The number of hydrogen-bond donors (Lipinski definition) is 3. The molecule has 130 valence electrons. The second kappa shape index (κ2) is 6.76. The number of aryl methyl sites for hydroxylation is 1. The number of esters is 1. The van der Waals surface area contributed by atoms with Crippen LogP contribution in [-0.2, 0) is 22.4 Å². The van der Waals surface area contributed by atoms with Crippen LogP contribution in [0.25, 0.3) is 0 Å². The standard InChI is InChI=1S/C17H18N4O4/c1-25-16(24)10-5-2-9(3-6-10)4-7-11-8-12-13(19-14(11)22)20-17(18)21-15(12)23/h2-3,5-6,11H,4,7-8H2,1H3,(H4,18,19,20,21,22,23). The lowest BCUT2D eigenvalue weighted by molar-refractivity contribution is -0.120. The number of ether oxygens (including phenoxy) is 1. The smallest absolute Gasteiger partial charge is 0.337 e. The summed E-state index contributed by atoms with van der Waals surface area (Å²) in [4.78, 5) is 42.0. The molecule has 0 spiro atoms. The first-order chi connectivity index (χ1) is 12.0. The average molecular weight is 342 g/mol. The Kier molecular flexibility index (Phi) is 4.51. The molecule has 2 heterocycles. The Hall–Kier alpha value is -3.16. The van der Waals surface area contributed by atoms with Crippen molar-refractivity contribution in [2.45, 2.75) is 19.3 Å². The fourth-order valence-electron chi connectivity index (χ4n) is 2.87. The number of methoxy groups -OCH3 is 1. The van der Waals surface area contributed by atoms with E-state index in [9.17, 15) is 14.4 Å². The van der Waals surface area contributed by atoms with Crippen LogP contribution in [0.4, 0.5) is 11.8 Å². The van der Waals surface area contributed by atoms with E-state index >= 15 is 0 Å². The van der Waals surface area contributed by atoms with E-state index in [-0.39, 0.29) is 35.1 Å². The number of nitrogens with one attached hydrogen (secondary N) is 2. The number of carbonyl (C=O) groups is 2. The van der Waals surface area contributed by atoms with Crippen molar-refractivity contribution in [2.24, 2.45) is 5.92 Å². The minimum Gasteiger partial charge on any atom is -0.465 e. The highest BCUT2D eigenvalue weighted by atomic mass is 16.5. The number of H-pyrrole nitrogens is 1. The minimum absolute atomic E-state index is 0.0202. The first-order valence-corrected chi connectivity index (χ1v) is 7.84. The summed E-state index contributed by atoms with van der Waals surface area (Å²) >= 11 is 0. The van der Waals surface area contributed by atoms with E-state index in [4.69, 9.17) is 5.73 Å². The topological polar surface area (TPSA) is 127 Å². The van der Waals surface area contributed by atoms with Gasteiger partial charge in [0.2, 0.25) is 11.9 Å². The summed E-state index contributed by atoms with van der Waals surface area (Å²) in [6.45, 7) is 0. The second-order valence-corrected chi connectivity index (χ2v) is 5.90. The summed E-state index contributed by atoms with van der Waals surface area (Å²) in [5.74, 6) is -0.658. The molecule has 0 aliphatic carbocycles. The van der Waals surface area contributed by atoms with E-state index in [2.05, 4.69) is 20.0 Å². The average Bonchev–Trinajstić information content (AvgIpc) is 2.60. The molecule has 8 nitrogen and oxygen atoms in total. The van der Waals surface area contributed by atoms with Gasteiger partial charge in [-0.05, 0) is 37.0 Å². The van der Waals surface area contributed by atoms with Crippen molar-refractivity contribution in [3.8, 4) is 0 Å². The molecule has 1 aromatic heterocycles. The molecule has 3 rings (SSSR count). The van der Waals surface area contributed by atoms with E-state index in [1.165, 1.54) is 7.11 Å². The van der Waals surface area contributed by atoms with Gasteiger partial charge in [-0.15, -0.1) is 0 Å². The van der Waals surface area contributed by atoms with Crippen LogP contribution in [0.5, 0.6) is 0 Å². The maximum absolute atomic E-state index is 12.2. The predicted octanol–water partition coefficient (Wildman–Crippen LogP) is 0.882. The highest BCUT2D eigenvalue weighted by Gasteiger charge is 2.29. The molecule has 1 aliphatic heterocycles. The zero-order chi connectivity index (χ0) is 18.0. The molecule has 4 N–H and O–H groups in total. The monoisotopic (exact) mass is 342 g/mol. The maximum atomic E-state index is 12.2. The molecule has 25 heavy (non-hydrogen) atoms. The van der Waals surface area contributed by atoms with Crippen molar-refractivity contribution in [2.75, 3.05) is 18.2 Å². The van der Waals surface area contributed by atoms with Gasteiger partial charge in [0.25, 0.3) is 5.56 Å². The van der Waals surface area contributed by atoms with Crippen molar-refractivity contribution in [1.82, 2.24) is 9.97 Å². The Morgan fingerprint density at radius 3 is 2.72 bits per heavy atom. The number of nitrogen functional groups attached to an aromatic ring is 1. The van der Waals surface area contributed by atoms with Crippen molar-refractivity contribution < 1.29 is 14.3 Å². The zero-order valence-electron chi connectivity index (χ0n) is 13.7. The zero-order valence-corrected chi connectivity index (χ0v) is 13.7. The summed E-state index contributed by atoms with van der Waals surface area (Å²) in [6.07, 6.45) is 1.55. The summed E-state index contributed by atoms with van der Waals surface area (Å²) in [5, 5.41) is 2.65. The number of anilines is 2. The largest absolute Gasteiger partial charge is 0.465 e. The SMILES string of the molecule is COC(=O)c1ccc(CCC2Cc3c(nc(N)[nH]c3=O)NC2=O)cc1. The van der Waals surface area contributed by atoms with Crippen LogP contribution in [0.2, 0.25) is 0 Å². The summed E-state index contributed by atoms with van der Waals surface area (Å²) in [6, 6.07) is 7.04. The quantitative estimate of drug-likeness (QED) is 0.708. The first kappa shape index (κ1) is 16.7. The van der Waals surface area contributed by atoms with Crippen molar-refractivity contribution in [3.63, 3.8) is 0 Å². The number of carbonyl (C=O) groups excluding carboxylic acids is 2. The van der Waals surface area contributed by atoms with Gasteiger partial charge in [-0.3, -0.25) is 14.6 Å². The van der Waals surface area contributed by atoms with E-state index in [0.717, 1.165) is 5.56 Å². The lowest BCUT2D eigenvalue weighted by atomic mass is 9.90. The lowest BCUT2D eigenvalue weighted by Gasteiger charge is -2.23. The van der Waals surface area contributed by atoms with Crippen LogP contribution in [0.3, 0.4) is 0 Å². The van der Waals surface area contributed by atoms with Gasteiger partial charge >= 0.3 is 5.97 Å². The number of benzene rings is 1. The van der Waals surface area contributed by atoms with Gasteiger partial charge < -0.3 is 15.8 Å². The molecule has 1 aromatic carbocycles. The summed E-state index contributed by atoms with van der Waals surface area (Å²) < 4.78 is 4.66. The van der Waals surface area contributed by atoms with Crippen LogP contribution < -0.4 is 16.6 Å². The fraction of sp³-hybridized carbons (Fsp3) is 0.294. The third-order valence-corrected chi connectivity index (χ3v) is 4.25. The molecule has 0 bridgehead atoms. The van der Waals surface area contributed by atoms with Crippen LogP contribution in [-0.4, -0.2) is 29.0 Å². The van der Waals surface area contributed by atoms with Gasteiger partial charge in [-0.1, -0.05) is 12.1 Å². The van der Waals surface area contributed by atoms with E-state index in [0.29, 0.717) is 30.4 Å². The Morgan fingerprint density at radius 1 is 1.32 bits per heavy atom. The number of amides is 1. The normalized spacial score (nSPS) is 16.0. The van der Waals surface area contributed by atoms with Gasteiger partial charge in [0, 0.05) is 5.92 Å². The molecule has 0 radical (unpaired) electrons. The lowest BCUT2D eigenvalue weighted by Crippen LogP contribution is -2.35. The van der Waals surface area contributed by atoms with E-state index in [1.54, 1.807) is 12.1 Å². The fourth-order valence-corrected chi connectivity index (χ4v) is 2.87. The van der Waals surface area contributed by atoms with Crippen molar-refractivity contribution >= 4 is 23.6 Å². The van der Waals surface area contributed by atoms with Crippen molar-refractivity contribution in [1.29, 1.82) is 0 Å². The maximum Gasteiger partial charge on any atom is 0.337 e. The molecule has 0 saturated carbocycles. The molecule has 2 aromatic rings. The van der Waals surface area contributed by atoms with Gasteiger partial charge in [0.1, 0.15) is 5.82 Å². The Labute approximate surface area is 143 Å². The molecule has 0 saturated heterocycles. The minimum atomic E-state index is -0.388. The third-order valence-electron chi connectivity index (χ3n) is 4.25. The van der Waals surface area contributed by atoms with Gasteiger partial charge in [0.15, 0.2) is 0 Å². The predicted molar refractivity (Wildman–Crippen MR) is 91.2 cm³/mol. The molecule has 1 unspecified atom stereocenters. The Balaban J connectivity index is 1.68. The summed E-state index contributed by atoms with van der Waals surface area (Å²) in [7, 11) is 1.33. The van der Waals surface area contributed by atoms with Gasteiger partial charge in [-0.25, -0.2) is 4.79 Å². The second-order valence-electron chi connectivity index (χ2n) is 5.90. The molecular formula is C17H18N4O4.